The van der Waals surface area contributed by atoms with Gasteiger partial charge in [0.25, 0.3) is 0 Å². The molecule has 2 aromatic carbocycles. The molecule has 1 atom stereocenters. The van der Waals surface area contributed by atoms with Crippen LogP contribution in [0, 0.1) is 0 Å². The molecule has 23 heavy (non-hydrogen) atoms. The van der Waals surface area contributed by atoms with Gasteiger partial charge in [-0.3, -0.25) is 0 Å². The molecule has 1 N–H and O–H groups in total. The van der Waals surface area contributed by atoms with E-state index in [0.717, 1.165) is 49.5 Å². The van der Waals surface area contributed by atoms with Crippen LogP contribution in [0.5, 0.6) is 11.5 Å². The summed E-state index contributed by atoms with van der Waals surface area (Å²) in [6.07, 6.45) is 1.39. The highest BCUT2D eigenvalue weighted by atomic mass is 16.5. The van der Waals surface area contributed by atoms with E-state index in [9.17, 15) is 5.11 Å². The second-order valence-electron chi connectivity index (χ2n) is 5.67. The Kier molecular flexibility index (Phi) is 7.11. The van der Waals surface area contributed by atoms with Crippen molar-refractivity contribution in [1.29, 1.82) is 0 Å². The van der Waals surface area contributed by atoms with Gasteiger partial charge in [-0.1, -0.05) is 44.2 Å². The fourth-order valence-electron chi connectivity index (χ4n) is 2.60. The van der Waals surface area contributed by atoms with Crippen molar-refractivity contribution >= 4 is 0 Å². The molecule has 0 radical (unpaired) electrons. The molecule has 0 aliphatic carbocycles. The summed E-state index contributed by atoms with van der Waals surface area (Å²) in [4.78, 5) is 2.38. The first-order valence-corrected chi connectivity index (χ1v) is 8.46. The maximum Gasteiger partial charge on any atom is 0.127 e. The molecule has 3 heteroatoms. The van der Waals surface area contributed by atoms with Gasteiger partial charge in [0.05, 0.1) is 6.10 Å². The van der Waals surface area contributed by atoms with Crippen LogP contribution in [0.4, 0.5) is 0 Å². The third-order valence-corrected chi connectivity index (χ3v) is 4.09. The van der Waals surface area contributed by atoms with Crippen molar-refractivity contribution in [2.24, 2.45) is 0 Å². The van der Waals surface area contributed by atoms with Gasteiger partial charge in [0.1, 0.15) is 11.5 Å². The fourth-order valence-corrected chi connectivity index (χ4v) is 2.60. The third-order valence-electron chi connectivity index (χ3n) is 4.09. The normalized spacial score (nSPS) is 12.3. The van der Waals surface area contributed by atoms with Gasteiger partial charge in [0, 0.05) is 0 Å². The lowest BCUT2D eigenvalue weighted by Crippen LogP contribution is -2.24. The van der Waals surface area contributed by atoms with Crippen molar-refractivity contribution in [2.75, 3.05) is 19.6 Å². The second-order valence-corrected chi connectivity index (χ2v) is 5.67. The first-order chi connectivity index (χ1) is 11.2. The molecule has 0 saturated carbocycles. The fraction of sp³-hybridized carbons (Fsp3) is 0.400. The van der Waals surface area contributed by atoms with Crippen LogP contribution >= 0.6 is 0 Å². The first-order valence-electron chi connectivity index (χ1n) is 8.46. The monoisotopic (exact) mass is 313 g/mol. The van der Waals surface area contributed by atoms with Crippen LogP contribution in [0.15, 0.2) is 54.6 Å². The molecule has 2 aromatic rings. The Hall–Kier alpha value is -1.84. The quantitative estimate of drug-likeness (QED) is 0.732. The Bertz CT molecular complexity index is 550. The zero-order valence-electron chi connectivity index (χ0n) is 14.1. The Morgan fingerprint density at radius 2 is 1.52 bits per heavy atom. The number of ether oxygens (including phenoxy) is 1. The van der Waals surface area contributed by atoms with Crippen LogP contribution in [0.1, 0.15) is 38.4 Å². The summed E-state index contributed by atoms with van der Waals surface area (Å²) in [6, 6.07) is 17.4. The molecule has 0 aliphatic rings. The molecule has 0 aromatic heterocycles. The number of aliphatic hydroxyl groups excluding tert-OH is 1. The van der Waals surface area contributed by atoms with Crippen LogP contribution in [0.3, 0.4) is 0 Å². The third kappa shape index (κ3) is 5.70. The van der Waals surface area contributed by atoms with E-state index in [0.29, 0.717) is 0 Å². The topological polar surface area (TPSA) is 32.7 Å². The van der Waals surface area contributed by atoms with Gasteiger partial charge in [-0.15, -0.1) is 0 Å². The number of nitrogens with zero attached hydrogens (tertiary/aromatic N) is 1. The summed E-state index contributed by atoms with van der Waals surface area (Å²) in [6.45, 7) is 7.52. The van der Waals surface area contributed by atoms with Gasteiger partial charge < -0.3 is 14.7 Å². The minimum absolute atomic E-state index is 0.406. The van der Waals surface area contributed by atoms with Crippen LogP contribution in [0.2, 0.25) is 0 Å². The summed E-state index contributed by atoms with van der Waals surface area (Å²) in [5.41, 5.74) is 0.949. The minimum Gasteiger partial charge on any atom is -0.457 e. The smallest absolute Gasteiger partial charge is 0.127 e. The van der Waals surface area contributed by atoms with E-state index in [1.807, 2.05) is 54.6 Å². The first kappa shape index (κ1) is 17.5. The molecule has 2 rings (SSSR count). The molecule has 0 spiro atoms. The van der Waals surface area contributed by atoms with Gasteiger partial charge in [0.2, 0.25) is 0 Å². The summed E-state index contributed by atoms with van der Waals surface area (Å²) in [7, 11) is 0. The van der Waals surface area contributed by atoms with Gasteiger partial charge in [-0.2, -0.15) is 0 Å². The van der Waals surface area contributed by atoms with Crippen molar-refractivity contribution < 1.29 is 9.84 Å². The van der Waals surface area contributed by atoms with E-state index < -0.39 is 6.10 Å². The van der Waals surface area contributed by atoms with E-state index in [4.69, 9.17) is 4.74 Å². The maximum absolute atomic E-state index is 10.3. The Morgan fingerprint density at radius 1 is 0.913 bits per heavy atom. The van der Waals surface area contributed by atoms with Crippen LogP contribution in [-0.2, 0) is 0 Å². The van der Waals surface area contributed by atoms with E-state index in [1.165, 1.54) is 0 Å². The standard InChI is InChI=1S/C20H27NO2/c1-3-21(4-2)16-8-11-20(22)17-12-14-19(15-13-17)23-18-9-6-5-7-10-18/h5-7,9-10,12-15,20,22H,3-4,8,11,16H2,1-2H3. The van der Waals surface area contributed by atoms with Crippen LogP contribution < -0.4 is 4.74 Å². The Labute approximate surface area is 139 Å². The number of hydrogen-bond donors (Lipinski definition) is 1. The van der Waals surface area contributed by atoms with Gasteiger partial charge in [-0.05, 0) is 62.3 Å². The summed E-state index contributed by atoms with van der Waals surface area (Å²) < 4.78 is 5.77. The summed E-state index contributed by atoms with van der Waals surface area (Å²) in [5.74, 6) is 1.61. The van der Waals surface area contributed by atoms with Crippen LogP contribution in [-0.4, -0.2) is 29.6 Å². The summed E-state index contributed by atoms with van der Waals surface area (Å²) >= 11 is 0. The molecule has 0 bridgehead atoms. The molecular formula is C20H27NO2. The Morgan fingerprint density at radius 3 is 2.13 bits per heavy atom. The molecule has 124 valence electrons. The minimum atomic E-state index is -0.406. The highest BCUT2D eigenvalue weighted by Gasteiger charge is 2.09. The van der Waals surface area contributed by atoms with Gasteiger partial charge >= 0.3 is 0 Å². The molecule has 3 nitrogen and oxygen atoms in total. The molecule has 0 aliphatic heterocycles. The van der Waals surface area contributed by atoms with E-state index in [1.54, 1.807) is 0 Å². The number of para-hydroxylation sites is 1. The van der Waals surface area contributed by atoms with Crippen LogP contribution in [0.25, 0.3) is 0 Å². The maximum atomic E-state index is 10.3. The lowest BCUT2D eigenvalue weighted by Gasteiger charge is -2.19. The number of rotatable bonds is 9. The highest BCUT2D eigenvalue weighted by molar-refractivity contribution is 5.33. The van der Waals surface area contributed by atoms with Crippen molar-refractivity contribution in [3.8, 4) is 11.5 Å². The molecule has 0 amide bonds. The lowest BCUT2D eigenvalue weighted by atomic mass is 10.0. The predicted octanol–water partition coefficient (Wildman–Crippen LogP) is 4.63. The van der Waals surface area contributed by atoms with Crippen molar-refractivity contribution in [2.45, 2.75) is 32.8 Å². The zero-order chi connectivity index (χ0) is 16.5. The molecule has 0 heterocycles. The van der Waals surface area contributed by atoms with E-state index >= 15 is 0 Å². The van der Waals surface area contributed by atoms with Crippen molar-refractivity contribution in [3.63, 3.8) is 0 Å². The van der Waals surface area contributed by atoms with Crippen molar-refractivity contribution in [3.05, 3.63) is 60.2 Å². The molecule has 0 saturated heterocycles. The van der Waals surface area contributed by atoms with E-state index in [-0.39, 0.29) is 0 Å². The largest absolute Gasteiger partial charge is 0.457 e. The SMILES string of the molecule is CCN(CC)CCCC(O)c1ccc(Oc2ccccc2)cc1. The average Bonchev–Trinajstić information content (AvgIpc) is 2.60. The molecular weight excluding hydrogens is 286 g/mol. The van der Waals surface area contributed by atoms with Gasteiger partial charge in [-0.25, -0.2) is 0 Å². The predicted molar refractivity (Wildman–Crippen MR) is 94.9 cm³/mol. The highest BCUT2D eigenvalue weighted by Crippen LogP contribution is 2.24. The number of benzene rings is 2. The number of aliphatic hydroxyl groups is 1. The van der Waals surface area contributed by atoms with Gasteiger partial charge in [0.15, 0.2) is 0 Å². The zero-order valence-corrected chi connectivity index (χ0v) is 14.1. The lowest BCUT2D eigenvalue weighted by molar-refractivity contribution is 0.156. The Balaban J connectivity index is 1.84. The number of hydrogen-bond acceptors (Lipinski definition) is 3. The summed E-state index contributed by atoms with van der Waals surface area (Å²) in [5, 5.41) is 10.3. The van der Waals surface area contributed by atoms with E-state index in [2.05, 4.69) is 18.7 Å². The molecule has 1 unspecified atom stereocenters. The molecule has 0 fully saturated rings. The second kappa shape index (κ2) is 9.33. The van der Waals surface area contributed by atoms with Crippen molar-refractivity contribution in [1.82, 2.24) is 4.90 Å². The average molecular weight is 313 g/mol.